The Hall–Kier alpha value is -2.34. The van der Waals surface area contributed by atoms with Crippen molar-refractivity contribution in [1.82, 2.24) is 0 Å². The average Bonchev–Trinajstić information content (AvgIpc) is 2.55. The third-order valence-electron chi connectivity index (χ3n) is 2.81. The summed E-state index contributed by atoms with van der Waals surface area (Å²) in [5.74, 6) is -1.75. The van der Waals surface area contributed by atoms with Crippen molar-refractivity contribution in [3.8, 4) is 0 Å². The molecule has 0 aliphatic heterocycles. The maximum absolute atomic E-state index is 13.4. The summed E-state index contributed by atoms with van der Waals surface area (Å²) in [7, 11) is 0. The van der Waals surface area contributed by atoms with Crippen LogP contribution in [0.2, 0.25) is 0 Å². The number of hydrogen-bond donors (Lipinski definition) is 1. The number of para-hydroxylation sites is 1. The maximum Gasteiger partial charge on any atom is 0.338 e. The molecule has 22 heavy (non-hydrogen) atoms. The van der Waals surface area contributed by atoms with E-state index >= 15 is 0 Å². The maximum atomic E-state index is 13.4. The first-order valence-electron chi connectivity index (χ1n) is 6.45. The van der Waals surface area contributed by atoms with Gasteiger partial charge in [0.05, 0.1) is 11.3 Å². The molecule has 0 fully saturated rings. The number of hydrogen-bond acceptors (Lipinski definition) is 4. The lowest BCUT2D eigenvalue weighted by atomic mass is 10.2. The summed E-state index contributed by atoms with van der Waals surface area (Å²) < 4.78 is 18.3. The number of nitrogens with one attached hydrogen (secondary N) is 1. The van der Waals surface area contributed by atoms with Gasteiger partial charge in [-0.2, -0.15) is 0 Å². The monoisotopic (exact) mass is 319 g/mol. The zero-order valence-corrected chi connectivity index (χ0v) is 12.7. The van der Waals surface area contributed by atoms with Crippen molar-refractivity contribution < 1.29 is 18.7 Å². The number of ether oxygens (including phenoxy) is 1. The van der Waals surface area contributed by atoms with E-state index in [4.69, 9.17) is 4.74 Å². The molecular weight excluding hydrogens is 305 g/mol. The molecule has 4 nitrogen and oxygen atoms in total. The van der Waals surface area contributed by atoms with Gasteiger partial charge in [-0.25, -0.2) is 9.18 Å². The highest BCUT2D eigenvalue weighted by atomic mass is 32.2. The fraction of sp³-hybridized carbons (Fsp3) is 0.125. The Bertz CT molecular complexity index is 673. The van der Waals surface area contributed by atoms with Gasteiger partial charge in [-0.3, -0.25) is 4.79 Å². The quantitative estimate of drug-likeness (QED) is 0.678. The van der Waals surface area contributed by atoms with Crippen LogP contribution in [0.25, 0.3) is 0 Å². The third-order valence-corrected chi connectivity index (χ3v) is 3.55. The van der Waals surface area contributed by atoms with E-state index < -0.39 is 24.3 Å². The Kier molecular flexibility index (Phi) is 5.55. The van der Waals surface area contributed by atoms with Gasteiger partial charge in [-0.05, 0) is 42.7 Å². The minimum Gasteiger partial charge on any atom is -0.452 e. The molecule has 0 atom stereocenters. The molecule has 114 valence electrons. The average molecular weight is 319 g/mol. The van der Waals surface area contributed by atoms with Crippen LogP contribution in [-0.2, 0) is 9.53 Å². The Morgan fingerprint density at radius 3 is 2.45 bits per heavy atom. The number of amides is 1. The molecule has 0 spiro atoms. The van der Waals surface area contributed by atoms with Crippen molar-refractivity contribution in [2.45, 2.75) is 4.90 Å². The van der Waals surface area contributed by atoms with E-state index in [-0.39, 0.29) is 5.69 Å². The Morgan fingerprint density at radius 2 is 1.82 bits per heavy atom. The minimum absolute atomic E-state index is 0.0490. The van der Waals surface area contributed by atoms with E-state index in [1.54, 1.807) is 42.1 Å². The standard InChI is InChI=1S/C16H14FNO3S/c1-22-12-8-6-11(7-9-12)16(20)21-10-15(19)18-14-5-3-2-4-13(14)17/h2-9H,10H2,1H3,(H,18,19). The molecule has 0 unspecified atom stereocenters. The summed E-state index contributed by atoms with van der Waals surface area (Å²) >= 11 is 1.56. The number of carbonyl (C=O) groups is 2. The molecule has 0 aliphatic rings. The van der Waals surface area contributed by atoms with Crippen molar-refractivity contribution in [3.05, 3.63) is 59.9 Å². The van der Waals surface area contributed by atoms with Gasteiger partial charge >= 0.3 is 5.97 Å². The van der Waals surface area contributed by atoms with Crippen LogP contribution in [0.4, 0.5) is 10.1 Å². The van der Waals surface area contributed by atoms with Crippen molar-refractivity contribution >= 4 is 29.3 Å². The zero-order chi connectivity index (χ0) is 15.9. The number of halogens is 1. The highest BCUT2D eigenvalue weighted by Gasteiger charge is 2.11. The number of benzene rings is 2. The van der Waals surface area contributed by atoms with E-state index in [2.05, 4.69) is 5.32 Å². The first-order valence-corrected chi connectivity index (χ1v) is 7.68. The lowest BCUT2D eigenvalue weighted by molar-refractivity contribution is -0.119. The van der Waals surface area contributed by atoms with Crippen molar-refractivity contribution in [3.63, 3.8) is 0 Å². The second-order valence-corrected chi connectivity index (χ2v) is 5.21. The van der Waals surface area contributed by atoms with Crippen LogP contribution in [-0.4, -0.2) is 24.7 Å². The zero-order valence-electron chi connectivity index (χ0n) is 11.8. The predicted octanol–water partition coefficient (Wildman–Crippen LogP) is 3.34. The Labute approximate surface area is 131 Å². The number of anilines is 1. The molecule has 2 aromatic rings. The van der Waals surface area contributed by atoms with Gasteiger partial charge in [0.25, 0.3) is 5.91 Å². The third kappa shape index (κ3) is 4.33. The molecule has 0 saturated carbocycles. The molecule has 6 heteroatoms. The molecular formula is C16H14FNO3S. The van der Waals surface area contributed by atoms with E-state index in [0.29, 0.717) is 5.56 Å². The van der Waals surface area contributed by atoms with Gasteiger partial charge in [-0.15, -0.1) is 11.8 Å². The summed E-state index contributed by atoms with van der Waals surface area (Å²) in [6, 6.07) is 12.6. The second kappa shape index (κ2) is 7.61. The molecule has 2 aromatic carbocycles. The van der Waals surface area contributed by atoms with Gasteiger partial charge in [0.2, 0.25) is 0 Å². The summed E-state index contributed by atoms with van der Waals surface area (Å²) in [5, 5.41) is 2.34. The molecule has 1 N–H and O–H groups in total. The van der Waals surface area contributed by atoms with Crippen LogP contribution in [0.1, 0.15) is 10.4 Å². The fourth-order valence-corrected chi connectivity index (χ4v) is 2.10. The van der Waals surface area contributed by atoms with Gasteiger partial charge in [-0.1, -0.05) is 12.1 Å². The lowest BCUT2D eigenvalue weighted by Gasteiger charge is -2.07. The molecule has 0 aliphatic carbocycles. The van der Waals surface area contributed by atoms with Gasteiger partial charge in [0.1, 0.15) is 5.82 Å². The van der Waals surface area contributed by atoms with Gasteiger partial charge < -0.3 is 10.1 Å². The van der Waals surface area contributed by atoms with E-state index in [0.717, 1.165) is 4.90 Å². The SMILES string of the molecule is CSc1ccc(C(=O)OCC(=O)Nc2ccccc2F)cc1. The van der Waals surface area contributed by atoms with Crippen LogP contribution in [0.3, 0.4) is 0 Å². The van der Waals surface area contributed by atoms with Crippen LogP contribution < -0.4 is 5.32 Å². The van der Waals surface area contributed by atoms with Crippen LogP contribution in [0.5, 0.6) is 0 Å². The van der Waals surface area contributed by atoms with Gasteiger partial charge in [0, 0.05) is 4.90 Å². The fourth-order valence-electron chi connectivity index (χ4n) is 1.69. The number of carbonyl (C=O) groups excluding carboxylic acids is 2. The second-order valence-electron chi connectivity index (χ2n) is 4.33. The molecule has 0 aromatic heterocycles. The number of rotatable bonds is 5. The summed E-state index contributed by atoms with van der Waals surface area (Å²) in [4.78, 5) is 24.4. The number of esters is 1. The molecule has 0 radical (unpaired) electrons. The topological polar surface area (TPSA) is 55.4 Å². The van der Waals surface area contributed by atoms with Crippen LogP contribution >= 0.6 is 11.8 Å². The lowest BCUT2D eigenvalue weighted by Crippen LogP contribution is -2.21. The molecule has 0 bridgehead atoms. The molecule has 0 heterocycles. The van der Waals surface area contributed by atoms with E-state index in [1.807, 2.05) is 6.26 Å². The van der Waals surface area contributed by atoms with Gasteiger partial charge in [0.15, 0.2) is 6.61 Å². The Morgan fingerprint density at radius 1 is 1.14 bits per heavy atom. The first-order chi connectivity index (χ1) is 10.6. The summed E-state index contributed by atoms with van der Waals surface area (Å²) in [6.45, 7) is -0.475. The van der Waals surface area contributed by atoms with Crippen molar-refractivity contribution in [2.75, 3.05) is 18.2 Å². The normalized spacial score (nSPS) is 10.1. The highest BCUT2D eigenvalue weighted by Crippen LogP contribution is 2.15. The summed E-state index contributed by atoms with van der Waals surface area (Å²) in [5.41, 5.74) is 0.407. The highest BCUT2D eigenvalue weighted by molar-refractivity contribution is 7.98. The van der Waals surface area contributed by atoms with Crippen molar-refractivity contribution in [2.24, 2.45) is 0 Å². The smallest absolute Gasteiger partial charge is 0.338 e. The summed E-state index contributed by atoms with van der Waals surface area (Å²) in [6.07, 6.45) is 1.93. The first kappa shape index (κ1) is 16.0. The largest absolute Gasteiger partial charge is 0.452 e. The van der Waals surface area contributed by atoms with Crippen molar-refractivity contribution in [1.29, 1.82) is 0 Å². The minimum atomic E-state index is -0.601. The molecule has 1 amide bonds. The molecule has 0 saturated heterocycles. The van der Waals surface area contributed by atoms with Crippen LogP contribution in [0.15, 0.2) is 53.4 Å². The van der Waals surface area contributed by atoms with E-state index in [9.17, 15) is 14.0 Å². The number of thioether (sulfide) groups is 1. The van der Waals surface area contributed by atoms with E-state index in [1.165, 1.54) is 18.2 Å². The molecule has 2 rings (SSSR count). The van der Waals surface area contributed by atoms with Crippen LogP contribution in [0, 0.1) is 5.82 Å². The predicted molar refractivity (Wildman–Crippen MR) is 83.5 cm³/mol. The Balaban J connectivity index is 1.87.